The number of aromatic nitrogens is 6. The molecule has 0 spiro atoms. The highest BCUT2D eigenvalue weighted by atomic mass is 16.1. The molecule has 0 amide bonds. The summed E-state index contributed by atoms with van der Waals surface area (Å²) in [6.45, 7) is 8.51. The lowest BCUT2D eigenvalue weighted by Crippen LogP contribution is -2.13. The highest BCUT2D eigenvalue weighted by Gasteiger charge is 2.21. The molecule has 33 heavy (non-hydrogen) atoms. The van der Waals surface area contributed by atoms with Crippen molar-refractivity contribution < 1.29 is 0 Å². The molecule has 5 aromatic rings. The summed E-state index contributed by atoms with van der Waals surface area (Å²) in [4.78, 5) is 16.0. The van der Waals surface area contributed by atoms with Gasteiger partial charge >= 0.3 is 0 Å². The van der Waals surface area contributed by atoms with Crippen molar-refractivity contribution in [3.05, 3.63) is 94.0 Å². The Labute approximate surface area is 188 Å². The zero-order valence-electron chi connectivity index (χ0n) is 17.9. The first kappa shape index (κ1) is 20.4. The van der Waals surface area contributed by atoms with Gasteiger partial charge in [0.25, 0.3) is 11.4 Å². The van der Waals surface area contributed by atoms with Crippen molar-refractivity contribution in [3.63, 3.8) is 0 Å². The topological polar surface area (TPSA) is 112 Å². The molecule has 0 saturated carbocycles. The molecular formula is C24H20N8O. The van der Waals surface area contributed by atoms with E-state index in [0.29, 0.717) is 34.4 Å². The number of fused-ring (bicyclic) bond motifs is 1. The number of nitrogens with two attached hydrogens (primary N) is 1. The molecular weight excluding hydrogens is 416 g/mol. The first-order valence-corrected chi connectivity index (χ1v) is 10.3. The van der Waals surface area contributed by atoms with Crippen LogP contribution in [-0.4, -0.2) is 29.8 Å². The van der Waals surface area contributed by atoms with E-state index >= 15 is 0 Å². The van der Waals surface area contributed by atoms with E-state index < -0.39 is 0 Å². The van der Waals surface area contributed by atoms with Crippen LogP contribution < -0.4 is 11.3 Å². The van der Waals surface area contributed by atoms with Gasteiger partial charge in [-0.15, -0.1) is 5.10 Å². The van der Waals surface area contributed by atoms with Gasteiger partial charge in [-0.1, -0.05) is 43.0 Å². The van der Waals surface area contributed by atoms with E-state index in [1.165, 1.54) is 0 Å². The van der Waals surface area contributed by atoms with Crippen molar-refractivity contribution in [2.45, 2.75) is 13.1 Å². The summed E-state index contributed by atoms with van der Waals surface area (Å²) in [7, 11) is 1.83. The van der Waals surface area contributed by atoms with Gasteiger partial charge in [-0.3, -0.25) is 9.48 Å². The lowest BCUT2D eigenvalue weighted by molar-refractivity contribution is 0.700. The highest BCUT2D eigenvalue weighted by Crippen LogP contribution is 2.38. The maximum Gasteiger partial charge on any atom is 0.272 e. The number of nitrogens with zero attached hydrogens (tertiary/aromatic N) is 6. The molecule has 0 atom stereocenters. The van der Waals surface area contributed by atoms with E-state index in [-0.39, 0.29) is 12.1 Å². The minimum Gasteiger partial charge on any atom is -0.362 e. The van der Waals surface area contributed by atoms with E-state index in [9.17, 15) is 4.79 Å². The van der Waals surface area contributed by atoms with Crippen LogP contribution in [0, 0.1) is 6.57 Å². The number of aromatic amines is 1. The summed E-state index contributed by atoms with van der Waals surface area (Å²) in [5, 5.41) is 16.7. The predicted molar refractivity (Wildman–Crippen MR) is 125 cm³/mol. The predicted octanol–water partition coefficient (Wildman–Crippen LogP) is 3.24. The first-order chi connectivity index (χ1) is 16.1. The molecule has 5 rings (SSSR count). The minimum atomic E-state index is -0.266. The Balaban J connectivity index is 1.65. The standard InChI is InChI=1S/C24H20N8O/c1-26-23-20(13-28-32(23)14-15-6-4-3-5-7-15)22-19(12-27-31(22)2)16-8-9-17-18(10-16)21(11-25)29-30-24(17)33/h3-10,12-13H,11,14,25H2,2H3,(H,30,33). The van der Waals surface area contributed by atoms with E-state index in [1.807, 2.05) is 49.5 Å². The third kappa shape index (κ3) is 3.48. The van der Waals surface area contributed by atoms with Crippen LogP contribution in [0.4, 0.5) is 5.82 Å². The average Bonchev–Trinajstić information content (AvgIpc) is 3.42. The minimum absolute atomic E-state index is 0.199. The number of hydrogen-bond acceptors (Lipinski definition) is 5. The van der Waals surface area contributed by atoms with Crippen molar-refractivity contribution in [2.75, 3.05) is 0 Å². The van der Waals surface area contributed by atoms with Crippen LogP contribution in [0.3, 0.4) is 0 Å². The van der Waals surface area contributed by atoms with Crippen LogP contribution in [0.1, 0.15) is 11.3 Å². The van der Waals surface area contributed by atoms with Gasteiger partial charge in [0.1, 0.15) is 6.54 Å². The van der Waals surface area contributed by atoms with Crippen molar-refractivity contribution in [3.8, 4) is 22.4 Å². The Morgan fingerprint density at radius 3 is 2.61 bits per heavy atom. The molecule has 3 aromatic heterocycles. The maximum atomic E-state index is 12.2. The Kier molecular flexibility index (Phi) is 5.05. The van der Waals surface area contributed by atoms with Crippen molar-refractivity contribution >= 4 is 16.6 Å². The molecule has 0 unspecified atom stereocenters. The Morgan fingerprint density at radius 2 is 1.85 bits per heavy atom. The normalized spacial score (nSPS) is 11.1. The molecule has 3 heterocycles. The van der Waals surface area contributed by atoms with Gasteiger partial charge in [-0.05, 0) is 23.3 Å². The summed E-state index contributed by atoms with van der Waals surface area (Å²) in [5.41, 5.74) is 10.4. The first-order valence-electron chi connectivity index (χ1n) is 10.3. The second kappa shape index (κ2) is 8.18. The fourth-order valence-electron chi connectivity index (χ4n) is 4.05. The molecule has 2 aromatic carbocycles. The molecule has 162 valence electrons. The van der Waals surface area contributed by atoms with Crippen LogP contribution in [0.5, 0.6) is 0 Å². The summed E-state index contributed by atoms with van der Waals surface area (Å²) in [6, 6.07) is 15.4. The molecule has 3 N–H and O–H groups in total. The monoisotopic (exact) mass is 436 g/mol. The van der Waals surface area contributed by atoms with Gasteiger partial charge in [-0.25, -0.2) is 5.10 Å². The van der Waals surface area contributed by atoms with Crippen LogP contribution in [-0.2, 0) is 20.1 Å². The number of aryl methyl sites for hydroxylation is 1. The number of H-pyrrole nitrogens is 1. The summed E-state index contributed by atoms with van der Waals surface area (Å²) in [5.74, 6) is 0.435. The Morgan fingerprint density at radius 1 is 1.06 bits per heavy atom. The zero-order valence-corrected chi connectivity index (χ0v) is 17.9. The van der Waals surface area contributed by atoms with Crippen molar-refractivity contribution in [1.82, 2.24) is 29.8 Å². The second-order valence-corrected chi connectivity index (χ2v) is 7.63. The summed E-state index contributed by atoms with van der Waals surface area (Å²) in [6.07, 6.45) is 3.46. The van der Waals surface area contributed by atoms with Crippen molar-refractivity contribution in [1.29, 1.82) is 0 Å². The van der Waals surface area contributed by atoms with Crippen LogP contribution >= 0.6 is 0 Å². The number of benzene rings is 2. The fourth-order valence-corrected chi connectivity index (χ4v) is 4.05. The summed E-state index contributed by atoms with van der Waals surface area (Å²) < 4.78 is 3.43. The second-order valence-electron chi connectivity index (χ2n) is 7.63. The highest BCUT2D eigenvalue weighted by molar-refractivity contribution is 5.92. The van der Waals surface area contributed by atoms with E-state index in [4.69, 9.17) is 12.3 Å². The lowest BCUT2D eigenvalue weighted by Gasteiger charge is -2.09. The Bertz CT molecular complexity index is 1570. The zero-order chi connectivity index (χ0) is 22.9. The molecule has 0 aliphatic carbocycles. The van der Waals surface area contributed by atoms with Gasteiger partial charge < -0.3 is 10.6 Å². The number of rotatable bonds is 5. The molecule has 0 fully saturated rings. The third-order valence-electron chi connectivity index (χ3n) is 5.66. The van der Waals surface area contributed by atoms with E-state index in [0.717, 1.165) is 22.4 Å². The lowest BCUT2D eigenvalue weighted by atomic mass is 9.99. The molecule has 9 nitrogen and oxygen atoms in total. The van der Waals surface area contributed by atoms with Crippen LogP contribution in [0.2, 0.25) is 0 Å². The maximum absolute atomic E-state index is 12.2. The number of hydrogen-bond donors (Lipinski definition) is 2. The van der Waals surface area contributed by atoms with Gasteiger partial charge in [0.05, 0.1) is 29.2 Å². The third-order valence-corrected chi connectivity index (χ3v) is 5.66. The van der Waals surface area contributed by atoms with Gasteiger partial charge in [0, 0.05) is 30.1 Å². The SMILES string of the molecule is [C-]#[N+]c1c(-c2c(-c3ccc4c(=O)[nH]nc(CN)c4c3)cnn2C)cnn1Cc1ccccc1. The van der Waals surface area contributed by atoms with Crippen molar-refractivity contribution in [2.24, 2.45) is 12.8 Å². The molecule has 0 aliphatic rings. The van der Waals surface area contributed by atoms with Crippen LogP contribution in [0.25, 0.3) is 38.0 Å². The largest absolute Gasteiger partial charge is 0.362 e. The fraction of sp³-hybridized carbons (Fsp3) is 0.125. The molecule has 0 bridgehead atoms. The quantitative estimate of drug-likeness (QED) is 0.411. The van der Waals surface area contributed by atoms with Crippen LogP contribution in [0.15, 0.2) is 65.7 Å². The van der Waals surface area contributed by atoms with Gasteiger partial charge in [0.2, 0.25) is 0 Å². The molecule has 0 radical (unpaired) electrons. The van der Waals surface area contributed by atoms with Gasteiger partial charge in [0.15, 0.2) is 0 Å². The number of nitrogens with one attached hydrogen (secondary N) is 1. The smallest absolute Gasteiger partial charge is 0.272 e. The molecule has 9 heteroatoms. The van der Waals surface area contributed by atoms with E-state index in [1.54, 1.807) is 27.8 Å². The van der Waals surface area contributed by atoms with Gasteiger partial charge in [-0.2, -0.15) is 14.9 Å². The molecule has 0 saturated heterocycles. The average molecular weight is 436 g/mol. The summed E-state index contributed by atoms with van der Waals surface area (Å²) >= 11 is 0. The molecule has 0 aliphatic heterocycles. The van der Waals surface area contributed by atoms with E-state index in [2.05, 4.69) is 25.2 Å². The Hall–Kier alpha value is -4.55.